The van der Waals surface area contributed by atoms with Crippen LogP contribution < -0.4 is 10.9 Å². The van der Waals surface area contributed by atoms with Gasteiger partial charge >= 0.3 is 0 Å². The van der Waals surface area contributed by atoms with Gasteiger partial charge in [-0.15, -0.1) is 0 Å². The van der Waals surface area contributed by atoms with Crippen LogP contribution in [0.1, 0.15) is 15.9 Å². The van der Waals surface area contributed by atoms with Crippen LogP contribution in [0.25, 0.3) is 10.9 Å². The maximum atomic E-state index is 12.1. The SMILES string of the molecule is Cc1cc(=O)[nH]c2ccc(NC(=O)c3ccccc3)cc12. The summed E-state index contributed by atoms with van der Waals surface area (Å²) >= 11 is 0. The van der Waals surface area contributed by atoms with Crippen molar-refractivity contribution in [1.29, 1.82) is 0 Å². The van der Waals surface area contributed by atoms with Crippen molar-refractivity contribution in [1.82, 2.24) is 4.98 Å². The Morgan fingerprint density at radius 2 is 1.81 bits per heavy atom. The fourth-order valence-electron chi connectivity index (χ4n) is 2.29. The van der Waals surface area contributed by atoms with E-state index in [9.17, 15) is 9.59 Å². The third kappa shape index (κ3) is 2.69. The third-order valence-corrected chi connectivity index (χ3v) is 3.34. The van der Waals surface area contributed by atoms with Gasteiger partial charge in [-0.2, -0.15) is 0 Å². The predicted molar refractivity (Wildman–Crippen MR) is 83.7 cm³/mol. The lowest BCUT2D eigenvalue weighted by Gasteiger charge is -2.08. The van der Waals surface area contributed by atoms with Crippen LogP contribution in [0.5, 0.6) is 0 Å². The van der Waals surface area contributed by atoms with Crippen molar-refractivity contribution in [2.24, 2.45) is 0 Å². The Kier molecular flexibility index (Phi) is 3.28. The van der Waals surface area contributed by atoms with Crippen LogP contribution in [0.4, 0.5) is 5.69 Å². The lowest BCUT2D eigenvalue weighted by Crippen LogP contribution is -2.12. The molecule has 2 N–H and O–H groups in total. The summed E-state index contributed by atoms with van der Waals surface area (Å²) in [4.78, 5) is 26.3. The number of aryl methyl sites for hydroxylation is 1. The number of nitrogens with one attached hydrogen (secondary N) is 2. The van der Waals surface area contributed by atoms with Gasteiger partial charge in [0.25, 0.3) is 5.91 Å². The molecule has 0 atom stereocenters. The Labute approximate surface area is 121 Å². The summed E-state index contributed by atoms with van der Waals surface area (Å²) < 4.78 is 0. The van der Waals surface area contributed by atoms with E-state index in [1.54, 1.807) is 30.3 Å². The second-order valence-electron chi connectivity index (χ2n) is 4.90. The molecular formula is C17H14N2O2. The molecule has 2 aromatic carbocycles. The fourth-order valence-corrected chi connectivity index (χ4v) is 2.29. The van der Waals surface area contributed by atoms with Gasteiger partial charge in [0.05, 0.1) is 0 Å². The predicted octanol–water partition coefficient (Wildman–Crippen LogP) is 3.09. The fraction of sp³-hybridized carbons (Fsp3) is 0.0588. The van der Waals surface area contributed by atoms with E-state index in [1.165, 1.54) is 0 Å². The summed E-state index contributed by atoms with van der Waals surface area (Å²) in [6, 6.07) is 16.0. The molecule has 104 valence electrons. The van der Waals surface area contributed by atoms with Crippen LogP contribution in [0.15, 0.2) is 59.4 Å². The molecule has 0 saturated heterocycles. The normalized spacial score (nSPS) is 10.5. The molecule has 1 heterocycles. The van der Waals surface area contributed by atoms with E-state index in [-0.39, 0.29) is 11.5 Å². The third-order valence-electron chi connectivity index (χ3n) is 3.34. The van der Waals surface area contributed by atoms with Crippen LogP contribution in [-0.4, -0.2) is 10.9 Å². The number of aromatic amines is 1. The largest absolute Gasteiger partial charge is 0.322 e. The number of rotatable bonds is 2. The van der Waals surface area contributed by atoms with Crippen molar-refractivity contribution in [2.45, 2.75) is 6.92 Å². The molecule has 21 heavy (non-hydrogen) atoms. The van der Waals surface area contributed by atoms with E-state index in [0.29, 0.717) is 11.3 Å². The van der Waals surface area contributed by atoms with Gasteiger partial charge in [0.15, 0.2) is 0 Å². The molecule has 0 spiro atoms. The monoisotopic (exact) mass is 278 g/mol. The maximum absolute atomic E-state index is 12.1. The molecule has 0 radical (unpaired) electrons. The first-order valence-corrected chi connectivity index (χ1v) is 6.63. The number of aromatic nitrogens is 1. The molecular weight excluding hydrogens is 264 g/mol. The molecule has 3 rings (SSSR count). The van der Waals surface area contributed by atoms with Crippen molar-refractivity contribution in [3.05, 3.63) is 76.1 Å². The lowest BCUT2D eigenvalue weighted by atomic mass is 10.1. The summed E-state index contributed by atoms with van der Waals surface area (Å²) in [5.41, 5.74) is 2.82. The molecule has 0 aliphatic rings. The Morgan fingerprint density at radius 3 is 2.57 bits per heavy atom. The highest BCUT2D eigenvalue weighted by atomic mass is 16.1. The quantitative estimate of drug-likeness (QED) is 0.756. The topological polar surface area (TPSA) is 62.0 Å². The minimum absolute atomic E-state index is 0.124. The second-order valence-corrected chi connectivity index (χ2v) is 4.90. The molecule has 3 aromatic rings. The van der Waals surface area contributed by atoms with Gasteiger partial charge in [0, 0.05) is 28.2 Å². The molecule has 0 bridgehead atoms. The summed E-state index contributed by atoms with van der Waals surface area (Å²) in [7, 11) is 0. The van der Waals surface area contributed by atoms with Crippen LogP contribution in [-0.2, 0) is 0 Å². The van der Waals surface area contributed by atoms with Gasteiger partial charge in [-0.25, -0.2) is 0 Å². The van der Waals surface area contributed by atoms with Gasteiger partial charge < -0.3 is 10.3 Å². The highest BCUT2D eigenvalue weighted by molar-refractivity contribution is 6.05. The molecule has 0 unspecified atom stereocenters. The minimum atomic E-state index is -0.156. The number of anilines is 1. The van der Waals surface area contributed by atoms with Gasteiger partial charge in [-0.1, -0.05) is 18.2 Å². The zero-order chi connectivity index (χ0) is 14.8. The van der Waals surface area contributed by atoms with Gasteiger partial charge in [0.1, 0.15) is 0 Å². The number of pyridine rings is 1. The molecule has 1 amide bonds. The first kappa shape index (κ1) is 13.1. The average Bonchev–Trinajstić information content (AvgIpc) is 2.48. The molecule has 4 nitrogen and oxygen atoms in total. The van der Waals surface area contributed by atoms with Gasteiger partial charge in [-0.05, 0) is 42.8 Å². The van der Waals surface area contributed by atoms with Gasteiger partial charge in [0.2, 0.25) is 5.56 Å². The van der Waals surface area contributed by atoms with E-state index in [2.05, 4.69) is 10.3 Å². The number of amides is 1. The maximum Gasteiger partial charge on any atom is 0.255 e. The summed E-state index contributed by atoms with van der Waals surface area (Å²) in [5, 5.41) is 3.78. The van der Waals surface area contributed by atoms with E-state index >= 15 is 0 Å². The zero-order valence-corrected chi connectivity index (χ0v) is 11.5. The van der Waals surface area contributed by atoms with Crippen LogP contribution in [0.3, 0.4) is 0 Å². The van der Waals surface area contributed by atoms with Crippen molar-refractivity contribution >= 4 is 22.5 Å². The first-order chi connectivity index (χ1) is 10.1. The second kappa shape index (κ2) is 5.25. The van der Waals surface area contributed by atoms with E-state index < -0.39 is 0 Å². The van der Waals surface area contributed by atoms with Gasteiger partial charge in [-0.3, -0.25) is 9.59 Å². The zero-order valence-electron chi connectivity index (χ0n) is 11.5. The summed E-state index contributed by atoms with van der Waals surface area (Å²) in [5.74, 6) is -0.156. The van der Waals surface area contributed by atoms with E-state index in [0.717, 1.165) is 16.5 Å². The van der Waals surface area contributed by atoms with Crippen LogP contribution in [0, 0.1) is 6.92 Å². The van der Waals surface area contributed by atoms with Crippen LogP contribution >= 0.6 is 0 Å². The highest BCUT2D eigenvalue weighted by Crippen LogP contribution is 2.20. The van der Waals surface area contributed by atoms with Crippen molar-refractivity contribution in [2.75, 3.05) is 5.32 Å². The van der Waals surface area contributed by atoms with E-state index in [1.807, 2.05) is 31.2 Å². The summed E-state index contributed by atoms with van der Waals surface area (Å²) in [6.45, 7) is 1.88. The number of carbonyl (C=O) groups excluding carboxylic acids is 1. The summed E-state index contributed by atoms with van der Waals surface area (Å²) in [6.07, 6.45) is 0. The Morgan fingerprint density at radius 1 is 1.05 bits per heavy atom. The highest BCUT2D eigenvalue weighted by Gasteiger charge is 2.06. The van der Waals surface area contributed by atoms with Crippen molar-refractivity contribution in [3.8, 4) is 0 Å². The average molecular weight is 278 g/mol. The lowest BCUT2D eigenvalue weighted by molar-refractivity contribution is 0.102. The molecule has 0 aliphatic heterocycles. The smallest absolute Gasteiger partial charge is 0.255 e. The Hall–Kier alpha value is -2.88. The molecule has 0 saturated carbocycles. The van der Waals surface area contributed by atoms with Crippen LogP contribution in [0.2, 0.25) is 0 Å². The number of fused-ring (bicyclic) bond motifs is 1. The van der Waals surface area contributed by atoms with Crippen molar-refractivity contribution in [3.63, 3.8) is 0 Å². The van der Waals surface area contributed by atoms with Crippen molar-refractivity contribution < 1.29 is 4.79 Å². The number of hydrogen-bond acceptors (Lipinski definition) is 2. The molecule has 0 aliphatic carbocycles. The molecule has 4 heteroatoms. The number of benzene rings is 2. The Balaban J connectivity index is 1.95. The first-order valence-electron chi connectivity index (χ1n) is 6.63. The molecule has 1 aromatic heterocycles. The minimum Gasteiger partial charge on any atom is -0.322 e. The standard InChI is InChI=1S/C17H14N2O2/c1-11-9-16(20)19-15-8-7-13(10-14(11)15)18-17(21)12-5-3-2-4-6-12/h2-10H,1H3,(H,18,21)(H,19,20). The van der Waals surface area contributed by atoms with E-state index in [4.69, 9.17) is 0 Å². The number of hydrogen-bond donors (Lipinski definition) is 2. The number of H-pyrrole nitrogens is 1. The molecule has 0 fully saturated rings. The number of carbonyl (C=O) groups is 1. The Bertz CT molecular complexity index is 867.